The molecular formula is C20H28N2O6S2. The van der Waals surface area contributed by atoms with E-state index in [2.05, 4.69) is 10.8 Å². The molecule has 0 aromatic heterocycles. The van der Waals surface area contributed by atoms with Gasteiger partial charge in [-0.05, 0) is 57.2 Å². The third-order valence-corrected chi connectivity index (χ3v) is 8.59. The molecule has 0 spiro atoms. The predicted molar refractivity (Wildman–Crippen MR) is 114 cm³/mol. The first kappa shape index (κ1) is 22.8. The van der Waals surface area contributed by atoms with Crippen molar-refractivity contribution in [1.29, 1.82) is 0 Å². The van der Waals surface area contributed by atoms with Crippen LogP contribution < -0.4 is 13.8 Å². The van der Waals surface area contributed by atoms with Crippen LogP contribution in [-0.4, -0.2) is 41.6 Å². The Morgan fingerprint density at radius 2 is 2.03 bits per heavy atom. The second kappa shape index (κ2) is 9.07. The van der Waals surface area contributed by atoms with Gasteiger partial charge in [-0.25, -0.2) is 25.9 Å². The summed E-state index contributed by atoms with van der Waals surface area (Å²) in [6, 6.07) is 3.98. The molecule has 1 amide bonds. The van der Waals surface area contributed by atoms with Crippen LogP contribution in [0.5, 0.6) is 5.75 Å². The Labute approximate surface area is 178 Å². The molecule has 1 N–H and O–H groups in total. The molecular weight excluding hydrogens is 428 g/mol. The van der Waals surface area contributed by atoms with Crippen molar-refractivity contribution in [3.63, 3.8) is 0 Å². The molecule has 1 saturated heterocycles. The number of rotatable bonds is 8. The molecule has 1 unspecified atom stereocenters. The lowest BCUT2D eigenvalue weighted by Crippen LogP contribution is -2.31. The van der Waals surface area contributed by atoms with E-state index in [1.165, 1.54) is 30.7 Å². The number of amides is 1. The minimum absolute atomic E-state index is 0.00293. The minimum atomic E-state index is -3.97. The van der Waals surface area contributed by atoms with Crippen LogP contribution in [0.25, 0.3) is 0 Å². The summed E-state index contributed by atoms with van der Waals surface area (Å²) in [7, 11) is -7.81. The molecule has 1 fully saturated rings. The fourth-order valence-corrected chi connectivity index (χ4v) is 6.76. The number of benzene rings is 1. The van der Waals surface area contributed by atoms with Crippen LogP contribution in [0.2, 0.25) is 0 Å². The number of hydrogen-bond acceptors (Lipinski definition) is 6. The van der Waals surface area contributed by atoms with Gasteiger partial charge >= 0.3 is 0 Å². The monoisotopic (exact) mass is 456 g/mol. The van der Waals surface area contributed by atoms with Crippen LogP contribution in [0, 0.1) is 5.92 Å². The molecule has 1 aromatic rings. The molecule has 0 bridgehead atoms. The molecule has 1 atom stereocenters. The van der Waals surface area contributed by atoms with Crippen LogP contribution in [0.3, 0.4) is 0 Å². The maximum atomic E-state index is 13.0. The van der Waals surface area contributed by atoms with E-state index < -0.39 is 31.9 Å². The first-order chi connectivity index (χ1) is 14.2. The molecule has 30 heavy (non-hydrogen) atoms. The van der Waals surface area contributed by atoms with Gasteiger partial charge < -0.3 is 4.74 Å². The van der Waals surface area contributed by atoms with Gasteiger partial charge in [0.15, 0.2) is 0 Å². The second-order valence-electron chi connectivity index (χ2n) is 7.60. The van der Waals surface area contributed by atoms with Gasteiger partial charge in [0, 0.05) is 6.54 Å². The van der Waals surface area contributed by atoms with E-state index in [4.69, 9.17) is 4.74 Å². The molecule has 0 saturated carbocycles. The standard InChI is InChI=1S/C20H28N2O6S2/c1-3-28-18-10-9-17(22-20(23)15(2)14-29(22,24)25)13-19(18)30(26,27)21-12-11-16-7-5-4-6-8-16/h7,9-10,13,15,21H,3-6,8,11-12,14H2,1-2H3. The van der Waals surface area contributed by atoms with Crippen LogP contribution in [-0.2, 0) is 24.8 Å². The summed E-state index contributed by atoms with van der Waals surface area (Å²) in [6.07, 6.45) is 7.07. The molecule has 166 valence electrons. The van der Waals surface area contributed by atoms with Crippen LogP contribution >= 0.6 is 0 Å². The highest BCUT2D eigenvalue weighted by Crippen LogP contribution is 2.34. The smallest absolute Gasteiger partial charge is 0.244 e. The third-order valence-electron chi connectivity index (χ3n) is 5.23. The zero-order chi connectivity index (χ0) is 21.9. The molecule has 1 aromatic carbocycles. The number of nitrogens with one attached hydrogen (secondary N) is 1. The second-order valence-corrected chi connectivity index (χ2v) is 11.2. The fraction of sp³-hybridized carbons (Fsp3) is 0.550. The molecule has 0 radical (unpaired) electrons. The van der Waals surface area contributed by atoms with Crippen LogP contribution in [0.15, 0.2) is 34.7 Å². The average molecular weight is 457 g/mol. The van der Waals surface area contributed by atoms with Gasteiger partial charge in [0.25, 0.3) is 0 Å². The van der Waals surface area contributed by atoms with Crippen LogP contribution in [0.4, 0.5) is 5.69 Å². The van der Waals surface area contributed by atoms with Crippen molar-refractivity contribution in [2.24, 2.45) is 5.92 Å². The zero-order valence-corrected chi connectivity index (χ0v) is 18.9. The van der Waals surface area contributed by atoms with E-state index in [0.29, 0.717) is 10.7 Å². The first-order valence-corrected chi connectivity index (χ1v) is 13.3. The highest BCUT2D eigenvalue weighted by Gasteiger charge is 2.42. The molecule has 2 aliphatic rings. The molecule has 3 rings (SSSR count). The largest absolute Gasteiger partial charge is 0.492 e. The summed E-state index contributed by atoms with van der Waals surface area (Å²) in [5.74, 6) is -1.43. The van der Waals surface area contributed by atoms with E-state index >= 15 is 0 Å². The number of carbonyl (C=O) groups is 1. The van der Waals surface area contributed by atoms with Crippen molar-refractivity contribution in [1.82, 2.24) is 4.72 Å². The lowest BCUT2D eigenvalue weighted by Gasteiger charge is -2.19. The van der Waals surface area contributed by atoms with Crippen LogP contribution in [0.1, 0.15) is 46.0 Å². The van der Waals surface area contributed by atoms with Crippen molar-refractivity contribution in [3.05, 3.63) is 29.8 Å². The highest BCUT2D eigenvalue weighted by molar-refractivity contribution is 7.94. The van der Waals surface area contributed by atoms with Gasteiger partial charge in [0.2, 0.25) is 26.0 Å². The molecule has 1 aliphatic heterocycles. The van der Waals surface area contributed by atoms with E-state index in [0.717, 1.165) is 25.7 Å². The number of hydrogen-bond donors (Lipinski definition) is 1. The lowest BCUT2D eigenvalue weighted by molar-refractivity contribution is -0.119. The Morgan fingerprint density at radius 1 is 1.27 bits per heavy atom. The number of allylic oxidation sites excluding steroid dienone is 1. The van der Waals surface area contributed by atoms with E-state index in [-0.39, 0.29) is 35.2 Å². The SMILES string of the molecule is CCOc1ccc(N2C(=O)C(C)CS2(=O)=O)cc1S(=O)(=O)NCCC1=CCCCC1. The summed E-state index contributed by atoms with van der Waals surface area (Å²) in [5, 5.41) is 0. The number of carbonyl (C=O) groups excluding carboxylic acids is 1. The van der Waals surface area contributed by atoms with Crippen molar-refractivity contribution >= 4 is 31.6 Å². The van der Waals surface area contributed by atoms with E-state index in [1.54, 1.807) is 6.92 Å². The maximum Gasteiger partial charge on any atom is 0.244 e. The van der Waals surface area contributed by atoms with Crippen molar-refractivity contribution in [2.45, 2.75) is 50.8 Å². The number of sulfonamides is 2. The Hall–Kier alpha value is -1.91. The van der Waals surface area contributed by atoms with Gasteiger partial charge in [-0.1, -0.05) is 18.6 Å². The number of anilines is 1. The third kappa shape index (κ3) is 4.87. The predicted octanol–water partition coefficient (Wildman–Crippen LogP) is 2.57. The summed E-state index contributed by atoms with van der Waals surface area (Å²) >= 11 is 0. The molecule has 10 heteroatoms. The Balaban J connectivity index is 1.88. The van der Waals surface area contributed by atoms with Crippen molar-refractivity contribution in [2.75, 3.05) is 23.2 Å². The fourth-order valence-electron chi connectivity index (χ4n) is 3.75. The highest BCUT2D eigenvalue weighted by atomic mass is 32.2. The number of nitrogens with zero attached hydrogens (tertiary/aromatic N) is 1. The van der Waals surface area contributed by atoms with Crippen molar-refractivity contribution < 1.29 is 26.4 Å². The Morgan fingerprint density at radius 3 is 2.63 bits per heavy atom. The summed E-state index contributed by atoms with van der Waals surface area (Å²) < 4.78 is 59.5. The lowest BCUT2D eigenvalue weighted by atomic mass is 9.97. The maximum absolute atomic E-state index is 13.0. The quantitative estimate of drug-likeness (QED) is 0.602. The summed E-state index contributed by atoms with van der Waals surface area (Å²) in [6.45, 7) is 3.74. The normalized spacial score (nSPS) is 21.5. The van der Waals surface area contributed by atoms with Gasteiger partial charge in [-0.3, -0.25) is 4.79 Å². The molecule has 1 heterocycles. The van der Waals surface area contributed by atoms with Gasteiger partial charge in [-0.2, -0.15) is 0 Å². The average Bonchev–Trinajstić information content (AvgIpc) is 2.90. The van der Waals surface area contributed by atoms with Gasteiger partial charge in [-0.15, -0.1) is 0 Å². The summed E-state index contributed by atoms with van der Waals surface area (Å²) in [5.41, 5.74) is 1.24. The molecule has 1 aliphatic carbocycles. The van der Waals surface area contributed by atoms with E-state index in [1.807, 2.05) is 0 Å². The van der Waals surface area contributed by atoms with Crippen molar-refractivity contribution in [3.8, 4) is 5.75 Å². The Bertz CT molecular complexity index is 1050. The molecule has 8 nitrogen and oxygen atoms in total. The topological polar surface area (TPSA) is 110 Å². The Kier molecular flexibility index (Phi) is 6.88. The first-order valence-electron chi connectivity index (χ1n) is 10.2. The van der Waals surface area contributed by atoms with Gasteiger partial charge in [0.1, 0.15) is 10.6 Å². The number of ether oxygens (including phenoxy) is 1. The van der Waals surface area contributed by atoms with Gasteiger partial charge in [0.05, 0.1) is 24.0 Å². The van der Waals surface area contributed by atoms with E-state index in [9.17, 15) is 21.6 Å². The zero-order valence-electron chi connectivity index (χ0n) is 17.3. The minimum Gasteiger partial charge on any atom is -0.492 e. The summed E-state index contributed by atoms with van der Waals surface area (Å²) in [4.78, 5) is 12.2.